The highest BCUT2D eigenvalue weighted by atomic mass is 35.5. The largest absolute Gasteiger partial charge is 0.325 e. The van der Waals surface area contributed by atoms with E-state index in [1.165, 1.54) is 0 Å². The van der Waals surface area contributed by atoms with E-state index in [0.717, 1.165) is 24.6 Å². The minimum Gasteiger partial charge on any atom is -0.325 e. The molecule has 1 saturated heterocycles. The summed E-state index contributed by atoms with van der Waals surface area (Å²) in [4.78, 5) is 14.0. The minimum atomic E-state index is -0.0136. The van der Waals surface area contributed by atoms with Gasteiger partial charge in [-0.15, -0.1) is 0 Å². The average molecular weight is 305 g/mol. The SMILES string of the molecule is O=C(CN1CCSCC1)Nc1ccc(Cl)c(Cl)c1. The molecule has 2 rings (SSSR count). The molecule has 0 bridgehead atoms. The Morgan fingerprint density at radius 1 is 1.28 bits per heavy atom. The van der Waals surface area contributed by atoms with Crippen LogP contribution in [0.5, 0.6) is 0 Å². The number of hydrogen-bond donors (Lipinski definition) is 1. The Bertz CT molecular complexity index is 436. The van der Waals surface area contributed by atoms with Crippen LogP contribution in [0.3, 0.4) is 0 Å². The second-order valence-corrected chi connectivity index (χ2v) is 6.10. The molecule has 0 spiro atoms. The second kappa shape index (κ2) is 6.66. The predicted molar refractivity (Wildman–Crippen MR) is 78.9 cm³/mol. The molecular weight excluding hydrogens is 291 g/mol. The lowest BCUT2D eigenvalue weighted by molar-refractivity contribution is -0.117. The maximum absolute atomic E-state index is 11.8. The molecule has 3 nitrogen and oxygen atoms in total. The van der Waals surface area contributed by atoms with E-state index in [0.29, 0.717) is 22.3 Å². The van der Waals surface area contributed by atoms with Crippen LogP contribution in [0, 0.1) is 0 Å². The molecule has 0 radical (unpaired) electrons. The van der Waals surface area contributed by atoms with Crippen LogP contribution in [0.4, 0.5) is 5.69 Å². The molecule has 18 heavy (non-hydrogen) atoms. The van der Waals surface area contributed by atoms with Crippen molar-refractivity contribution in [2.75, 3.05) is 36.5 Å². The van der Waals surface area contributed by atoms with Gasteiger partial charge in [0.15, 0.2) is 0 Å². The molecular formula is C12H14Cl2N2OS. The number of nitrogens with one attached hydrogen (secondary N) is 1. The number of halogens is 2. The van der Waals surface area contributed by atoms with Crippen molar-refractivity contribution in [1.82, 2.24) is 4.90 Å². The number of nitrogens with zero attached hydrogens (tertiary/aromatic N) is 1. The van der Waals surface area contributed by atoms with E-state index in [2.05, 4.69) is 10.2 Å². The van der Waals surface area contributed by atoms with E-state index < -0.39 is 0 Å². The minimum absolute atomic E-state index is 0.0136. The molecule has 1 amide bonds. The van der Waals surface area contributed by atoms with Gasteiger partial charge in [0.05, 0.1) is 16.6 Å². The van der Waals surface area contributed by atoms with Gasteiger partial charge in [-0.1, -0.05) is 23.2 Å². The summed E-state index contributed by atoms with van der Waals surface area (Å²) in [5.74, 6) is 2.18. The van der Waals surface area contributed by atoms with Crippen LogP contribution in [0.2, 0.25) is 10.0 Å². The molecule has 0 atom stereocenters. The average Bonchev–Trinajstić information content (AvgIpc) is 2.35. The van der Waals surface area contributed by atoms with Crippen LogP contribution in [0.15, 0.2) is 18.2 Å². The summed E-state index contributed by atoms with van der Waals surface area (Å²) < 4.78 is 0. The number of amides is 1. The molecule has 6 heteroatoms. The standard InChI is InChI=1S/C12H14Cl2N2OS/c13-10-2-1-9(7-11(10)14)15-12(17)8-16-3-5-18-6-4-16/h1-2,7H,3-6,8H2,(H,15,17). The van der Waals surface area contributed by atoms with E-state index in [-0.39, 0.29) is 5.91 Å². The number of carbonyl (C=O) groups excluding carboxylic acids is 1. The molecule has 0 unspecified atom stereocenters. The first-order valence-electron chi connectivity index (χ1n) is 5.70. The lowest BCUT2D eigenvalue weighted by atomic mass is 10.3. The molecule has 1 aromatic carbocycles. The highest BCUT2D eigenvalue weighted by Crippen LogP contribution is 2.24. The number of benzene rings is 1. The molecule has 0 saturated carbocycles. The van der Waals surface area contributed by atoms with Crippen LogP contribution in [-0.4, -0.2) is 41.9 Å². The van der Waals surface area contributed by atoms with Crippen LogP contribution in [-0.2, 0) is 4.79 Å². The van der Waals surface area contributed by atoms with Gasteiger partial charge in [-0.05, 0) is 18.2 Å². The number of hydrogen-bond acceptors (Lipinski definition) is 3. The van der Waals surface area contributed by atoms with Crippen LogP contribution < -0.4 is 5.32 Å². The Balaban J connectivity index is 1.88. The summed E-state index contributed by atoms with van der Waals surface area (Å²) in [7, 11) is 0. The lowest BCUT2D eigenvalue weighted by Crippen LogP contribution is -2.38. The van der Waals surface area contributed by atoms with Crippen molar-refractivity contribution in [3.63, 3.8) is 0 Å². The van der Waals surface area contributed by atoms with Crippen molar-refractivity contribution in [3.8, 4) is 0 Å². The number of anilines is 1. The van der Waals surface area contributed by atoms with E-state index in [1.807, 2.05) is 11.8 Å². The van der Waals surface area contributed by atoms with Crippen LogP contribution >= 0.6 is 35.0 Å². The third-order valence-electron chi connectivity index (χ3n) is 2.67. The van der Waals surface area contributed by atoms with Gasteiger partial charge in [-0.25, -0.2) is 0 Å². The van der Waals surface area contributed by atoms with Crippen LogP contribution in [0.25, 0.3) is 0 Å². The summed E-state index contributed by atoms with van der Waals surface area (Å²) in [6, 6.07) is 5.09. The monoisotopic (exact) mass is 304 g/mol. The Morgan fingerprint density at radius 3 is 2.67 bits per heavy atom. The second-order valence-electron chi connectivity index (χ2n) is 4.07. The molecule has 1 heterocycles. The number of thioether (sulfide) groups is 1. The molecule has 0 aliphatic carbocycles. The van der Waals surface area contributed by atoms with Gasteiger partial charge in [0, 0.05) is 30.3 Å². The van der Waals surface area contributed by atoms with Crippen molar-refractivity contribution in [2.45, 2.75) is 0 Å². The van der Waals surface area contributed by atoms with E-state index in [1.54, 1.807) is 18.2 Å². The van der Waals surface area contributed by atoms with Crippen molar-refractivity contribution >= 4 is 46.6 Å². The van der Waals surface area contributed by atoms with Gasteiger partial charge in [0.25, 0.3) is 0 Å². The summed E-state index contributed by atoms with van der Waals surface area (Å²) in [5.41, 5.74) is 0.681. The summed E-state index contributed by atoms with van der Waals surface area (Å²) >= 11 is 13.6. The molecule has 1 aliphatic rings. The molecule has 98 valence electrons. The fraction of sp³-hybridized carbons (Fsp3) is 0.417. The predicted octanol–water partition coefficient (Wildman–Crippen LogP) is 2.98. The maximum Gasteiger partial charge on any atom is 0.238 e. The quantitative estimate of drug-likeness (QED) is 0.932. The molecule has 0 aromatic heterocycles. The van der Waals surface area contributed by atoms with Crippen molar-refractivity contribution in [1.29, 1.82) is 0 Å². The topological polar surface area (TPSA) is 32.3 Å². The van der Waals surface area contributed by atoms with Gasteiger partial charge in [0.2, 0.25) is 5.91 Å². The summed E-state index contributed by atoms with van der Waals surface area (Å²) in [6.07, 6.45) is 0. The normalized spacial score (nSPS) is 16.6. The van der Waals surface area contributed by atoms with Gasteiger partial charge in [-0.2, -0.15) is 11.8 Å². The van der Waals surface area contributed by atoms with E-state index in [9.17, 15) is 4.79 Å². The first-order chi connectivity index (χ1) is 8.65. The van der Waals surface area contributed by atoms with Crippen molar-refractivity contribution < 1.29 is 4.79 Å². The molecule has 1 aromatic rings. The smallest absolute Gasteiger partial charge is 0.238 e. The summed E-state index contributed by atoms with van der Waals surface area (Å²) in [5, 5.41) is 3.76. The zero-order valence-corrected chi connectivity index (χ0v) is 12.1. The fourth-order valence-corrected chi connectivity index (χ4v) is 3.01. The van der Waals surface area contributed by atoms with Crippen molar-refractivity contribution in [2.24, 2.45) is 0 Å². The Kier molecular flexibility index (Phi) is 5.18. The number of rotatable bonds is 3. The third-order valence-corrected chi connectivity index (χ3v) is 4.36. The van der Waals surface area contributed by atoms with E-state index in [4.69, 9.17) is 23.2 Å². The Labute approximate surface area is 121 Å². The van der Waals surface area contributed by atoms with Gasteiger partial charge >= 0.3 is 0 Å². The first-order valence-corrected chi connectivity index (χ1v) is 7.61. The fourth-order valence-electron chi connectivity index (χ4n) is 1.74. The van der Waals surface area contributed by atoms with Gasteiger partial charge in [0.1, 0.15) is 0 Å². The lowest BCUT2D eigenvalue weighted by Gasteiger charge is -2.25. The zero-order chi connectivity index (χ0) is 13.0. The third kappa shape index (κ3) is 4.05. The van der Waals surface area contributed by atoms with Crippen LogP contribution in [0.1, 0.15) is 0 Å². The zero-order valence-electron chi connectivity index (χ0n) is 9.79. The first kappa shape index (κ1) is 14.0. The maximum atomic E-state index is 11.8. The highest BCUT2D eigenvalue weighted by Gasteiger charge is 2.14. The van der Waals surface area contributed by atoms with Gasteiger partial charge < -0.3 is 5.32 Å². The van der Waals surface area contributed by atoms with E-state index >= 15 is 0 Å². The molecule has 1 aliphatic heterocycles. The number of carbonyl (C=O) groups is 1. The Hall–Kier alpha value is -0.420. The molecule has 1 N–H and O–H groups in total. The highest BCUT2D eigenvalue weighted by molar-refractivity contribution is 7.99. The molecule has 1 fully saturated rings. The van der Waals surface area contributed by atoms with Crippen molar-refractivity contribution in [3.05, 3.63) is 28.2 Å². The summed E-state index contributed by atoms with van der Waals surface area (Å²) in [6.45, 7) is 2.37. The Morgan fingerprint density at radius 2 is 2.00 bits per heavy atom. The van der Waals surface area contributed by atoms with Gasteiger partial charge in [-0.3, -0.25) is 9.69 Å².